The van der Waals surface area contributed by atoms with E-state index in [0.717, 1.165) is 58.9 Å². The predicted molar refractivity (Wildman–Crippen MR) is 103 cm³/mol. The topological polar surface area (TPSA) is 92.1 Å². The first kappa shape index (κ1) is 16.4. The maximum Gasteiger partial charge on any atom is 0.186 e. The van der Waals surface area contributed by atoms with Gasteiger partial charge in [0.05, 0.1) is 35.3 Å². The summed E-state index contributed by atoms with van der Waals surface area (Å²) in [4.78, 5) is 19.9. The molecule has 27 heavy (non-hydrogen) atoms. The van der Waals surface area contributed by atoms with Crippen LogP contribution in [0.3, 0.4) is 0 Å². The third-order valence-corrected chi connectivity index (χ3v) is 5.63. The van der Waals surface area contributed by atoms with E-state index >= 15 is 0 Å². The Kier molecular flexibility index (Phi) is 4.12. The Labute approximate surface area is 159 Å². The number of aliphatic hydroxyl groups excluding tert-OH is 1. The molecule has 2 N–H and O–H groups in total. The summed E-state index contributed by atoms with van der Waals surface area (Å²) >= 11 is 1.64. The molecule has 5 rings (SSSR count). The molecule has 1 fully saturated rings. The molecule has 3 aromatic heterocycles. The first-order chi connectivity index (χ1) is 13.3. The number of nitrogens with one attached hydrogen (secondary N) is 1. The van der Waals surface area contributed by atoms with Crippen molar-refractivity contribution in [3.8, 4) is 16.4 Å². The van der Waals surface area contributed by atoms with Gasteiger partial charge in [0, 0.05) is 31.2 Å². The van der Waals surface area contributed by atoms with Crippen LogP contribution in [0, 0.1) is 0 Å². The van der Waals surface area contributed by atoms with Gasteiger partial charge in [-0.15, -0.1) is 0 Å². The first-order valence-electron chi connectivity index (χ1n) is 8.74. The van der Waals surface area contributed by atoms with E-state index in [4.69, 9.17) is 4.74 Å². The summed E-state index contributed by atoms with van der Waals surface area (Å²) in [5.74, 6) is 1.42. The second-order valence-electron chi connectivity index (χ2n) is 6.27. The zero-order chi connectivity index (χ0) is 18.2. The number of imidazole rings is 2. The van der Waals surface area contributed by atoms with Gasteiger partial charge in [-0.1, -0.05) is 11.3 Å². The molecule has 1 saturated heterocycles. The largest absolute Gasteiger partial charge is 0.388 e. The third-order valence-electron chi connectivity index (χ3n) is 4.58. The van der Waals surface area contributed by atoms with Crippen molar-refractivity contribution >= 4 is 27.5 Å². The Morgan fingerprint density at radius 2 is 2.11 bits per heavy atom. The number of morpholine rings is 1. The lowest BCUT2D eigenvalue weighted by Gasteiger charge is -2.25. The number of rotatable bonds is 4. The molecule has 4 aromatic rings. The van der Waals surface area contributed by atoms with Crippen LogP contribution in [0.25, 0.3) is 27.4 Å². The smallest absolute Gasteiger partial charge is 0.186 e. The third kappa shape index (κ3) is 2.99. The number of ether oxygens (including phenoxy) is 1. The molecular formula is C18H18N6O2S. The Morgan fingerprint density at radius 3 is 2.96 bits per heavy atom. The van der Waals surface area contributed by atoms with Gasteiger partial charge in [0.15, 0.2) is 11.0 Å². The molecule has 9 heteroatoms. The summed E-state index contributed by atoms with van der Waals surface area (Å²) in [6.45, 7) is 3.11. The quantitative estimate of drug-likeness (QED) is 0.562. The van der Waals surface area contributed by atoms with Gasteiger partial charge in [-0.3, -0.25) is 4.57 Å². The summed E-state index contributed by atoms with van der Waals surface area (Å²) in [6, 6.07) is 5.95. The Bertz CT molecular complexity index is 1080. The van der Waals surface area contributed by atoms with Crippen LogP contribution in [0.15, 0.2) is 36.8 Å². The molecule has 1 aliphatic heterocycles. The molecule has 0 spiro atoms. The number of H-pyrrole nitrogens is 1. The highest BCUT2D eigenvalue weighted by molar-refractivity contribution is 7.18. The molecule has 4 heterocycles. The predicted octanol–water partition coefficient (Wildman–Crippen LogP) is 2.20. The van der Waals surface area contributed by atoms with Crippen molar-refractivity contribution in [1.29, 1.82) is 0 Å². The number of hydrogen-bond acceptors (Lipinski definition) is 7. The van der Waals surface area contributed by atoms with Gasteiger partial charge in [-0.25, -0.2) is 15.0 Å². The number of hydrogen-bond donors (Lipinski definition) is 2. The fraction of sp³-hybridized carbons (Fsp3) is 0.278. The van der Waals surface area contributed by atoms with Crippen LogP contribution in [0.4, 0.5) is 5.13 Å². The van der Waals surface area contributed by atoms with Crippen LogP contribution in [0.5, 0.6) is 0 Å². The molecule has 0 aliphatic carbocycles. The average molecular weight is 382 g/mol. The van der Waals surface area contributed by atoms with Gasteiger partial charge in [0.2, 0.25) is 0 Å². The monoisotopic (exact) mass is 382 g/mol. The van der Waals surface area contributed by atoms with Gasteiger partial charge in [0.1, 0.15) is 12.4 Å². The number of aromatic nitrogens is 5. The SMILES string of the molecule is OCc1nc2ccc(-n3ccnc3-c3cnc(N4CCOCC4)s3)cc2[nH]1. The van der Waals surface area contributed by atoms with E-state index in [1.54, 1.807) is 17.5 Å². The van der Waals surface area contributed by atoms with Crippen molar-refractivity contribution in [2.24, 2.45) is 0 Å². The maximum atomic E-state index is 9.27. The number of aliphatic hydroxyl groups is 1. The van der Waals surface area contributed by atoms with E-state index in [2.05, 4.69) is 24.8 Å². The van der Waals surface area contributed by atoms with Crippen molar-refractivity contribution in [2.45, 2.75) is 6.61 Å². The number of thiazole rings is 1. The van der Waals surface area contributed by atoms with Crippen molar-refractivity contribution in [1.82, 2.24) is 24.5 Å². The molecule has 0 saturated carbocycles. The Balaban J connectivity index is 1.50. The van der Waals surface area contributed by atoms with E-state index in [1.165, 1.54) is 0 Å². The van der Waals surface area contributed by atoms with Crippen molar-refractivity contribution in [3.63, 3.8) is 0 Å². The zero-order valence-corrected chi connectivity index (χ0v) is 15.3. The van der Waals surface area contributed by atoms with Crippen LogP contribution in [0.1, 0.15) is 5.82 Å². The summed E-state index contributed by atoms with van der Waals surface area (Å²) in [6.07, 6.45) is 5.61. The number of nitrogens with zero attached hydrogens (tertiary/aromatic N) is 5. The molecule has 0 atom stereocenters. The summed E-state index contributed by atoms with van der Waals surface area (Å²) in [5, 5.41) is 10.3. The normalized spacial score (nSPS) is 14.9. The van der Waals surface area contributed by atoms with Crippen LogP contribution in [-0.2, 0) is 11.3 Å². The molecule has 1 aromatic carbocycles. The standard InChI is InChI=1S/C18H18N6O2S/c25-11-16-21-13-2-1-12(9-14(13)22-16)24-4-3-19-17(24)15-10-20-18(27-15)23-5-7-26-8-6-23/h1-4,9-10,25H,5-8,11H2,(H,21,22). The lowest BCUT2D eigenvalue weighted by Crippen LogP contribution is -2.36. The van der Waals surface area contributed by atoms with Crippen LogP contribution < -0.4 is 4.90 Å². The van der Waals surface area contributed by atoms with Gasteiger partial charge >= 0.3 is 0 Å². The lowest BCUT2D eigenvalue weighted by atomic mass is 10.2. The number of benzene rings is 1. The molecule has 0 unspecified atom stereocenters. The highest BCUT2D eigenvalue weighted by Crippen LogP contribution is 2.32. The van der Waals surface area contributed by atoms with Crippen LogP contribution >= 0.6 is 11.3 Å². The summed E-state index contributed by atoms with van der Waals surface area (Å²) < 4.78 is 7.45. The molecular weight excluding hydrogens is 364 g/mol. The van der Waals surface area contributed by atoms with Crippen LogP contribution in [0.2, 0.25) is 0 Å². The number of fused-ring (bicyclic) bond motifs is 1. The Morgan fingerprint density at radius 1 is 1.22 bits per heavy atom. The van der Waals surface area contributed by atoms with Gasteiger partial charge < -0.3 is 19.7 Å². The fourth-order valence-electron chi connectivity index (χ4n) is 3.24. The lowest BCUT2D eigenvalue weighted by molar-refractivity contribution is 0.122. The van der Waals surface area contributed by atoms with E-state index in [0.29, 0.717) is 5.82 Å². The number of anilines is 1. The van der Waals surface area contributed by atoms with Gasteiger partial charge in [-0.05, 0) is 18.2 Å². The van der Waals surface area contributed by atoms with Crippen LogP contribution in [-0.4, -0.2) is 55.9 Å². The molecule has 0 amide bonds. The van der Waals surface area contributed by atoms with E-state index in [1.807, 2.05) is 35.2 Å². The summed E-state index contributed by atoms with van der Waals surface area (Å²) in [5.41, 5.74) is 2.69. The highest BCUT2D eigenvalue weighted by atomic mass is 32.1. The van der Waals surface area contributed by atoms with Crippen molar-refractivity contribution in [3.05, 3.63) is 42.6 Å². The fourth-order valence-corrected chi connectivity index (χ4v) is 4.20. The first-order valence-corrected chi connectivity index (χ1v) is 9.55. The minimum atomic E-state index is -0.106. The van der Waals surface area contributed by atoms with Crippen molar-refractivity contribution < 1.29 is 9.84 Å². The van der Waals surface area contributed by atoms with E-state index < -0.39 is 0 Å². The molecule has 1 aliphatic rings. The molecule has 8 nitrogen and oxygen atoms in total. The minimum Gasteiger partial charge on any atom is -0.388 e. The molecule has 0 bridgehead atoms. The highest BCUT2D eigenvalue weighted by Gasteiger charge is 2.17. The van der Waals surface area contributed by atoms with Gasteiger partial charge in [0.25, 0.3) is 0 Å². The summed E-state index contributed by atoms with van der Waals surface area (Å²) in [7, 11) is 0. The second kappa shape index (κ2) is 6.76. The molecule has 138 valence electrons. The van der Waals surface area contributed by atoms with Crippen molar-refractivity contribution in [2.75, 3.05) is 31.2 Å². The molecule has 0 radical (unpaired) electrons. The average Bonchev–Trinajstić information content (AvgIpc) is 3.45. The minimum absolute atomic E-state index is 0.106. The second-order valence-corrected chi connectivity index (χ2v) is 7.28. The number of aromatic amines is 1. The van der Waals surface area contributed by atoms with E-state index in [-0.39, 0.29) is 6.61 Å². The Hall–Kier alpha value is -2.75. The maximum absolute atomic E-state index is 9.27. The zero-order valence-electron chi connectivity index (χ0n) is 14.5. The van der Waals surface area contributed by atoms with Gasteiger partial charge in [-0.2, -0.15) is 0 Å². The van der Waals surface area contributed by atoms with E-state index in [9.17, 15) is 5.11 Å².